The van der Waals surface area contributed by atoms with E-state index in [9.17, 15) is 9.59 Å². The summed E-state index contributed by atoms with van der Waals surface area (Å²) in [7, 11) is 0. The Labute approximate surface area is 97.6 Å². The molecule has 0 aromatic heterocycles. The van der Waals surface area contributed by atoms with Gasteiger partial charge in [-0.15, -0.1) is 0 Å². The van der Waals surface area contributed by atoms with Gasteiger partial charge in [0.2, 0.25) is 0 Å². The van der Waals surface area contributed by atoms with Gasteiger partial charge in [-0.05, 0) is 27.7 Å². The Bertz CT molecular complexity index is 237. The highest BCUT2D eigenvalue weighted by molar-refractivity contribution is 9.10. The van der Waals surface area contributed by atoms with Crippen molar-refractivity contribution in [2.45, 2.75) is 38.2 Å². The van der Waals surface area contributed by atoms with Crippen LogP contribution in [0.2, 0.25) is 0 Å². The minimum absolute atomic E-state index is 0.261. The van der Waals surface area contributed by atoms with Crippen molar-refractivity contribution in [1.82, 2.24) is 5.32 Å². The van der Waals surface area contributed by atoms with Crippen LogP contribution in [0.1, 0.15) is 27.7 Å². The third-order valence-corrected chi connectivity index (χ3v) is 1.74. The first-order valence-electron chi connectivity index (χ1n) is 4.56. The summed E-state index contributed by atoms with van der Waals surface area (Å²) in [6, 6.07) is 0. The van der Waals surface area contributed by atoms with Crippen molar-refractivity contribution in [2.75, 3.05) is 6.61 Å². The summed E-state index contributed by atoms with van der Waals surface area (Å²) in [6.07, 6.45) is -0.669. The molecule has 1 amide bonds. The fourth-order valence-electron chi connectivity index (χ4n) is 0.685. The molecule has 1 unspecified atom stereocenters. The molecule has 15 heavy (non-hydrogen) atoms. The molecule has 0 fully saturated rings. The molecule has 0 aliphatic rings. The Hall–Kier alpha value is -0.780. The molecule has 0 rings (SSSR count). The summed E-state index contributed by atoms with van der Waals surface area (Å²) < 4.78 is 9.63. The molecule has 0 aliphatic heterocycles. The third kappa shape index (κ3) is 7.18. The quantitative estimate of drug-likeness (QED) is 0.487. The second-order valence-corrected chi connectivity index (χ2v) is 4.68. The second kappa shape index (κ2) is 5.95. The largest absolute Gasteiger partial charge is 0.464 e. The molecule has 88 valence electrons. The lowest BCUT2D eigenvalue weighted by Crippen LogP contribution is -2.40. The molecule has 0 saturated heterocycles. The van der Waals surface area contributed by atoms with Crippen LogP contribution in [-0.4, -0.2) is 29.2 Å². The number of alkyl carbamates (subject to hydrolysis) is 1. The first kappa shape index (κ1) is 14.2. The van der Waals surface area contributed by atoms with Gasteiger partial charge < -0.3 is 9.47 Å². The van der Waals surface area contributed by atoms with Gasteiger partial charge in [0.15, 0.2) is 4.95 Å². The molecule has 0 aliphatic carbocycles. The fraction of sp³-hybridized carbons (Fsp3) is 0.778. The van der Waals surface area contributed by atoms with E-state index in [0.29, 0.717) is 0 Å². The zero-order valence-corrected chi connectivity index (χ0v) is 10.9. The van der Waals surface area contributed by atoms with Crippen LogP contribution < -0.4 is 5.32 Å². The van der Waals surface area contributed by atoms with Crippen molar-refractivity contribution >= 4 is 28.0 Å². The van der Waals surface area contributed by atoms with Gasteiger partial charge in [0.25, 0.3) is 0 Å². The maximum atomic E-state index is 11.2. The number of hydrogen-bond acceptors (Lipinski definition) is 4. The minimum Gasteiger partial charge on any atom is -0.464 e. The number of carbonyl (C=O) groups is 2. The summed E-state index contributed by atoms with van der Waals surface area (Å²) in [6.45, 7) is 7.16. The Balaban J connectivity index is 4.02. The molecule has 0 radical (unpaired) electrons. The standard InChI is InChI=1S/C9H16BrNO4/c1-5-14-7(12)6(10)11-8(13)15-9(2,3)4/h6H,5H2,1-4H3,(H,11,13). The van der Waals surface area contributed by atoms with Crippen molar-refractivity contribution in [1.29, 1.82) is 0 Å². The van der Waals surface area contributed by atoms with E-state index in [1.165, 1.54) is 0 Å². The number of carbonyl (C=O) groups excluding carboxylic acids is 2. The number of alkyl halides is 1. The predicted molar refractivity (Wildman–Crippen MR) is 58.7 cm³/mol. The fourth-order valence-corrected chi connectivity index (χ4v) is 1.00. The Morgan fingerprint density at radius 2 is 1.93 bits per heavy atom. The van der Waals surface area contributed by atoms with Crippen LogP contribution in [0.15, 0.2) is 0 Å². The summed E-state index contributed by atoms with van der Waals surface area (Å²) in [4.78, 5) is 21.4. The first-order valence-corrected chi connectivity index (χ1v) is 5.48. The highest BCUT2D eigenvalue weighted by Crippen LogP contribution is 2.08. The average Bonchev–Trinajstić information content (AvgIpc) is 2.00. The summed E-state index contributed by atoms with van der Waals surface area (Å²) in [5, 5.41) is 2.30. The number of rotatable bonds is 3. The van der Waals surface area contributed by atoms with E-state index in [2.05, 4.69) is 26.0 Å². The smallest absolute Gasteiger partial charge is 0.409 e. The van der Waals surface area contributed by atoms with Gasteiger partial charge in [-0.25, -0.2) is 9.59 Å². The molecule has 5 nitrogen and oxygen atoms in total. The molecule has 1 atom stereocenters. The number of ether oxygens (including phenoxy) is 2. The molecule has 0 saturated carbocycles. The number of esters is 1. The second-order valence-electron chi connectivity index (χ2n) is 3.76. The zero-order chi connectivity index (χ0) is 12.1. The van der Waals surface area contributed by atoms with Crippen molar-refractivity contribution in [3.8, 4) is 0 Å². The number of nitrogens with one attached hydrogen (secondary N) is 1. The SMILES string of the molecule is CCOC(=O)C(Br)NC(=O)OC(C)(C)C. The van der Waals surface area contributed by atoms with Crippen LogP contribution in [-0.2, 0) is 14.3 Å². The molecule has 0 heterocycles. The van der Waals surface area contributed by atoms with Crippen LogP contribution in [0.4, 0.5) is 4.79 Å². The lowest BCUT2D eigenvalue weighted by atomic mass is 10.2. The summed E-state index contributed by atoms with van der Waals surface area (Å²) in [5.74, 6) is -0.552. The van der Waals surface area contributed by atoms with Crippen LogP contribution in [0.3, 0.4) is 0 Å². The van der Waals surface area contributed by atoms with E-state index in [1.54, 1.807) is 27.7 Å². The van der Waals surface area contributed by atoms with Crippen molar-refractivity contribution < 1.29 is 19.1 Å². The monoisotopic (exact) mass is 281 g/mol. The van der Waals surface area contributed by atoms with Gasteiger partial charge >= 0.3 is 12.1 Å². The average molecular weight is 282 g/mol. The Morgan fingerprint density at radius 1 is 1.40 bits per heavy atom. The van der Waals surface area contributed by atoms with Gasteiger partial charge in [-0.3, -0.25) is 5.32 Å². The van der Waals surface area contributed by atoms with E-state index in [0.717, 1.165) is 0 Å². The maximum absolute atomic E-state index is 11.2. The molecular weight excluding hydrogens is 266 g/mol. The topological polar surface area (TPSA) is 64.6 Å². The van der Waals surface area contributed by atoms with E-state index in [-0.39, 0.29) is 6.61 Å². The first-order chi connectivity index (χ1) is 6.76. The van der Waals surface area contributed by atoms with Crippen LogP contribution in [0.25, 0.3) is 0 Å². The van der Waals surface area contributed by atoms with Crippen LogP contribution >= 0.6 is 15.9 Å². The number of halogens is 1. The maximum Gasteiger partial charge on any atom is 0.409 e. The molecule has 0 aromatic rings. The van der Waals surface area contributed by atoms with Crippen molar-refractivity contribution in [2.24, 2.45) is 0 Å². The van der Waals surface area contributed by atoms with Crippen LogP contribution in [0.5, 0.6) is 0 Å². The Morgan fingerprint density at radius 3 is 2.33 bits per heavy atom. The third-order valence-electron chi connectivity index (χ3n) is 1.14. The van der Waals surface area contributed by atoms with E-state index < -0.39 is 22.6 Å². The molecule has 0 bridgehead atoms. The minimum atomic E-state index is -0.882. The van der Waals surface area contributed by atoms with Crippen molar-refractivity contribution in [3.63, 3.8) is 0 Å². The number of hydrogen-bond donors (Lipinski definition) is 1. The van der Waals surface area contributed by atoms with Gasteiger partial charge in [-0.1, -0.05) is 15.9 Å². The lowest BCUT2D eigenvalue weighted by molar-refractivity contribution is -0.142. The van der Waals surface area contributed by atoms with Gasteiger partial charge in [-0.2, -0.15) is 0 Å². The summed E-state index contributed by atoms with van der Waals surface area (Å²) in [5.41, 5.74) is -0.592. The molecule has 6 heteroatoms. The van der Waals surface area contributed by atoms with Gasteiger partial charge in [0.05, 0.1) is 6.61 Å². The number of amides is 1. The Kier molecular flexibility index (Phi) is 5.64. The highest BCUT2D eigenvalue weighted by atomic mass is 79.9. The zero-order valence-electron chi connectivity index (χ0n) is 9.30. The van der Waals surface area contributed by atoms with Gasteiger partial charge in [0.1, 0.15) is 5.60 Å². The highest BCUT2D eigenvalue weighted by Gasteiger charge is 2.22. The van der Waals surface area contributed by atoms with Crippen LogP contribution in [0, 0.1) is 0 Å². The lowest BCUT2D eigenvalue weighted by Gasteiger charge is -2.20. The molecular formula is C9H16BrNO4. The summed E-state index contributed by atoms with van der Waals surface area (Å²) >= 11 is 2.97. The van der Waals surface area contributed by atoms with E-state index >= 15 is 0 Å². The van der Waals surface area contributed by atoms with E-state index in [4.69, 9.17) is 4.74 Å². The molecule has 0 spiro atoms. The molecule has 1 N–H and O–H groups in total. The normalized spacial score (nSPS) is 12.9. The van der Waals surface area contributed by atoms with Gasteiger partial charge in [0, 0.05) is 0 Å². The molecule has 0 aromatic carbocycles. The van der Waals surface area contributed by atoms with E-state index in [1.807, 2.05) is 0 Å². The van der Waals surface area contributed by atoms with Crippen molar-refractivity contribution in [3.05, 3.63) is 0 Å². The predicted octanol–water partition coefficient (Wildman–Crippen LogP) is 1.80.